The van der Waals surface area contributed by atoms with E-state index in [4.69, 9.17) is 16.2 Å². The van der Waals surface area contributed by atoms with E-state index >= 15 is 0 Å². The number of benzene rings is 1. The molecule has 4 N–H and O–H groups in total. The molecule has 18 heavy (non-hydrogen) atoms. The molecule has 0 aromatic heterocycles. The molecule has 0 aliphatic rings. The monoisotopic (exact) mass is 250 g/mol. The van der Waals surface area contributed by atoms with Gasteiger partial charge in [0.1, 0.15) is 6.04 Å². The van der Waals surface area contributed by atoms with Crippen LogP contribution in [-0.4, -0.2) is 18.1 Å². The number of carbonyl (C=O) groups excluding carboxylic acids is 1. The maximum absolute atomic E-state index is 11.5. The number of rotatable bonds is 6. The average molecular weight is 250 g/mol. The molecule has 0 spiro atoms. The molecule has 0 bridgehead atoms. The molecule has 100 valence electrons. The average Bonchev–Trinajstić information content (AvgIpc) is 2.30. The van der Waals surface area contributed by atoms with Crippen LogP contribution in [0.5, 0.6) is 0 Å². The van der Waals surface area contributed by atoms with Crippen LogP contribution < -0.4 is 11.5 Å². The van der Waals surface area contributed by atoms with E-state index in [9.17, 15) is 4.79 Å². The molecule has 4 nitrogen and oxygen atoms in total. The van der Waals surface area contributed by atoms with Crippen LogP contribution in [0.3, 0.4) is 0 Å². The molecule has 1 atom stereocenters. The molecule has 0 heterocycles. The standard InChI is InChI=1S/C14H22N2O2/c1-10(2)18-14(17)13(16)5-3-4-11-6-8-12(15)9-7-11/h6-10,13H,3-5,15-16H2,1-2H3. The molecule has 1 unspecified atom stereocenters. The lowest BCUT2D eigenvalue weighted by Gasteiger charge is -2.13. The Labute approximate surface area is 108 Å². The number of aryl methyl sites for hydroxylation is 1. The van der Waals surface area contributed by atoms with Crippen molar-refractivity contribution in [2.75, 3.05) is 5.73 Å². The molecule has 0 saturated heterocycles. The quantitative estimate of drug-likeness (QED) is 0.597. The van der Waals surface area contributed by atoms with E-state index in [0.29, 0.717) is 6.42 Å². The van der Waals surface area contributed by atoms with Crippen molar-refractivity contribution in [3.05, 3.63) is 29.8 Å². The number of nitrogen functional groups attached to an aromatic ring is 1. The van der Waals surface area contributed by atoms with Crippen molar-refractivity contribution >= 4 is 11.7 Å². The highest BCUT2D eigenvalue weighted by Crippen LogP contribution is 2.10. The highest BCUT2D eigenvalue weighted by atomic mass is 16.5. The van der Waals surface area contributed by atoms with Gasteiger partial charge in [-0.25, -0.2) is 0 Å². The Morgan fingerprint density at radius 2 is 1.89 bits per heavy atom. The van der Waals surface area contributed by atoms with Crippen molar-refractivity contribution < 1.29 is 9.53 Å². The van der Waals surface area contributed by atoms with Crippen LogP contribution in [0.4, 0.5) is 5.69 Å². The first-order chi connectivity index (χ1) is 8.49. The number of anilines is 1. The fourth-order valence-corrected chi connectivity index (χ4v) is 1.65. The van der Waals surface area contributed by atoms with E-state index < -0.39 is 6.04 Å². The molecular formula is C14H22N2O2. The normalized spacial score (nSPS) is 12.4. The second-order valence-corrected chi connectivity index (χ2v) is 4.73. The summed E-state index contributed by atoms with van der Waals surface area (Å²) in [6, 6.07) is 7.21. The summed E-state index contributed by atoms with van der Waals surface area (Å²) < 4.78 is 5.05. The summed E-state index contributed by atoms with van der Waals surface area (Å²) >= 11 is 0. The van der Waals surface area contributed by atoms with Crippen LogP contribution in [0.15, 0.2) is 24.3 Å². The van der Waals surface area contributed by atoms with Crippen LogP contribution in [0.2, 0.25) is 0 Å². The summed E-state index contributed by atoms with van der Waals surface area (Å²) in [5.41, 5.74) is 13.3. The van der Waals surface area contributed by atoms with Gasteiger partial charge in [-0.3, -0.25) is 4.79 Å². The maximum Gasteiger partial charge on any atom is 0.323 e. The summed E-state index contributed by atoms with van der Waals surface area (Å²) in [7, 11) is 0. The summed E-state index contributed by atoms with van der Waals surface area (Å²) in [4.78, 5) is 11.5. The lowest BCUT2D eigenvalue weighted by Crippen LogP contribution is -2.33. The smallest absolute Gasteiger partial charge is 0.323 e. The third-order valence-electron chi connectivity index (χ3n) is 2.61. The summed E-state index contributed by atoms with van der Waals surface area (Å²) in [6.07, 6.45) is 2.28. The van der Waals surface area contributed by atoms with Gasteiger partial charge in [-0.05, 0) is 50.8 Å². The van der Waals surface area contributed by atoms with Gasteiger partial charge in [-0.1, -0.05) is 12.1 Å². The van der Waals surface area contributed by atoms with Crippen LogP contribution in [0.1, 0.15) is 32.3 Å². The van der Waals surface area contributed by atoms with Gasteiger partial charge in [-0.15, -0.1) is 0 Å². The topological polar surface area (TPSA) is 78.3 Å². The largest absolute Gasteiger partial charge is 0.462 e. The first-order valence-electron chi connectivity index (χ1n) is 6.29. The number of nitrogens with two attached hydrogens (primary N) is 2. The number of esters is 1. The molecule has 0 radical (unpaired) electrons. The Kier molecular flexibility index (Phi) is 5.65. The molecule has 0 amide bonds. The highest BCUT2D eigenvalue weighted by molar-refractivity contribution is 5.75. The molecule has 0 fully saturated rings. The minimum atomic E-state index is -0.527. The summed E-state index contributed by atoms with van der Waals surface area (Å²) in [6.45, 7) is 3.64. The van der Waals surface area contributed by atoms with Gasteiger partial charge in [0.05, 0.1) is 6.10 Å². The van der Waals surface area contributed by atoms with E-state index in [1.165, 1.54) is 5.56 Å². The van der Waals surface area contributed by atoms with Crippen molar-refractivity contribution in [2.24, 2.45) is 5.73 Å². The van der Waals surface area contributed by atoms with Gasteiger partial charge in [0, 0.05) is 5.69 Å². The second-order valence-electron chi connectivity index (χ2n) is 4.73. The van der Waals surface area contributed by atoms with Crippen molar-refractivity contribution in [1.29, 1.82) is 0 Å². The molecule has 0 aliphatic carbocycles. The number of carbonyl (C=O) groups is 1. The minimum absolute atomic E-state index is 0.111. The zero-order valence-corrected chi connectivity index (χ0v) is 11.1. The fourth-order valence-electron chi connectivity index (χ4n) is 1.65. The predicted molar refractivity (Wildman–Crippen MR) is 73.0 cm³/mol. The Balaban J connectivity index is 2.28. The lowest BCUT2D eigenvalue weighted by molar-refractivity contribution is -0.149. The summed E-state index contributed by atoms with van der Waals surface area (Å²) in [5.74, 6) is -0.317. The van der Waals surface area contributed by atoms with Crippen molar-refractivity contribution in [2.45, 2.75) is 45.3 Å². The van der Waals surface area contributed by atoms with Crippen LogP contribution in [0.25, 0.3) is 0 Å². The van der Waals surface area contributed by atoms with Crippen LogP contribution in [-0.2, 0) is 16.0 Å². The third-order valence-corrected chi connectivity index (χ3v) is 2.61. The van der Waals surface area contributed by atoms with Gasteiger partial charge in [-0.2, -0.15) is 0 Å². The number of ether oxygens (including phenoxy) is 1. The van der Waals surface area contributed by atoms with Gasteiger partial charge >= 0.3 is 5.97 Å². The molecule has 1 rings (SSSR count). The van der Waals surface area contributed by atoms with Crippen LogP contribution in [0, 0.1) is 0 Å². The predicted octanol–water partition coefficient (Wildman–Crippen LogP) is 1.87. The first kappa shape index (κ1) is 14.5. The highest BCUT2D eigenvalue weighted by Gasteiger charge is 2.15. The fraction of sp³-hybridized carbons (Fsp3) is 0.500. The van der Waals surface area contributed by atoms with Crippen molar-refractivity contribution in [1.82, 2.24) is 0 Å². The first-order valence-corrected chi connectivity index (χ1v) is 6.29. The SMILES string of the molecule is CC(C)OC(=O)C(N)CCCc1ccc(N)cc1. The molecular weight excluding hydrogens is 228 g/mol. The number of hydrogen-bond acceptors (Lipinski definition) is 4. The van der Waals surface area contributed by atoms with Gasteiger partial charge in [0.15, 0.2) is 0 Å². The summed E-state index contributed by atoms with van der Waals surface area (Å²) in [5, 5.41) is 0. The Morgan fingerprint density at radius 1 is 1.28 bits per heavy atom. The molecule has 1 aromatic carbocycles. The Bertz CT molecular complexity index is 374. The minimum Gasteiger partial charge on any atom is -0.462 e. The lowest BCUT2D eigenvalue weighted by atomic mass is 10.0. The Morgan fingerprint density at radius 3 is 2.44 bits per heavy atom. The van der Waals surface area contributed by atoms with E-state index in [1.807, 2.05) is 38.1 Å². The number of hydrogen-bond donors (Lipinski definition) is 2. The van der Waals surface area contributed by atoms with Gasteiger partial charge < -0.3 is 16.2 Å². The third kappa shape index (κ3) is 5.19. The zero-order chi connectivity index (χ0) is 13.5. The molecule has 0 saturated carbocycles. The zero-order valence-electron chi connectivity index (χ0n) is 11.1. The molecule has 4 heteroatoms. The van der Waals surface area contributed by atoms with Crippen LogP contribution >= 0.6 is 0 Å². The van der Waals surface area contributed by atoms with Crippen molar-refractivity contribution in [3.63, 3.8) is 0 Å². The molecule has 1 aromatic rings. The van der Waals surface area contributed by atoms with E-state index in [1.54, 1.807) is 0 Å². The van der Waals surface area contributed by atoms with E-state index in [2.05, 4.69) is 0 Å². The molecule has 0 aliphatic heterocycles. The van der Waals surface area contributed by atoms with Crippen molar-refractivity contribution in [3.8, 4) is 0 Å². The van der Waals surface area contributed by atoms with Gasteiger partial charge in [0.25, 0.3) is 0 Å². The van der Waals surface area contributed by atoms with Gasteiger partial charge in [0.2, 0.25) is 0 Å². The maximum atomic E-state index is 11.5. The van der Waals surface area contributed by atoms with E-state index in [-0.39, 0.29) is 12.1 Å². The second kappa shape index (κ2) is 7.01. The Hall–Kier alpha value is -1.55. The van der Waals surface area contributed by atoms with E-state index in [0.717, 1.165) is 18.5 Å².